The molecule has 0 unspecified atom stereocenters. The Kier molecular flexibility index (Phi) is 5.61. The number of carbonyl (C=O) groups is 1. The first-order valence-electron chi connectivity index (χ1n) is 7.71. The molecule has 0 saturated carbocycles. The molecule has 1 N–H and O–H groups in total. The van der Waals surface area contributed by atoms with Crippen LogP contribution in [0.1, 0.15) is 16.1 Å². The first kappa shape index (κ1) is 18.0. The third-order valence-electron chi connectivity index (χ3n) is 3.58. The van der Waals surface area contributed by atoms with Crippen LogP contribution >= 0.6 is 23.2 Å². The third kappa shape index (κ3) is 4.25. The quantitative estimate of drug-likeness (QED) is 0.500. The highest BCUT2D eigenvalue weighted by atomic mass is 35.5. The van der Waals surface area contributed by atoms with Crippen LogP contribution in [0, 0.1) is 0 Å². The van der Waals surface area contributed by atoms with Crippen molar-refractivity contribution < 1.29 is 9.53 Å². The Morgan fingerprint density at radius 3 is 2.65 bits per heavy atom. The van der Waals surface area contributed by atoms with Crippen LogP contribution in [0.4, 0.5) is 0 Å². The van der Waals surface area contributed by atoms with Gasteiger partial charge in [0.1, 0.15) is 17.2 Å². The van der Waals surface area contributed by atoms with Crippen molar-refractivity contribution in [3.8, 4) is 11.5 Å². The summed E-state index contributed by atoms with van der Waals surface area (Å²) in [4.78, 5) is 12.1. The Balaban J connectivity index is 1.75. The van der Waals surface area contributed by atoms with Gasteiger partial charge < -0.3 is 9.30 Å². The molecule has 0 saturated heterocycles. The highest BCUT2D eigenvalue weighted by Crippen LogP contribution is 2.32. The van der Waals surface area contributed by atoms with Crippen molar-refractivity contribution in [2.24, 2.45) is 12.1 Å². The lowest BCUT2D eigenvalue weighted by atomic mass is 10.2. The van der Waals surface area contributed by atoms with Crippen LogP contribution in [0.3, 0.4) is 0 Å². The molecule has 7 heteroatoms. The number of hydrazone groups is 1. The molecule has 3 rings (SSSR count). The first-order valence-corrected chi connectivity index (χ1v) is 8.47. The van der Waals surface area contributed by atoms with Crippen LogP contribution < -0.4 is 10.2 Å². The molecule has 3 aromatic rings. The number of rotatable bonds is 5. The third-order valence-corrected chi connectivity index (χ3v) is 4.11. The van der Waals surface area contributed by atoms with Crippen molar-refractivity contribution in [3.63, 3.8) is 0 Å². The molecule has 0 aliphatic heterocycles. The lowest BCUT2D eigenvalue weighted by Crippen LogP contribution is -2.20. The maximum absolute atomic E-state index is 12.1. The van der Waals surface area contributed by atoms with Gasteiger partial charge in [-0.05, 0) is 42.5 Å². The summed E-state index contributed by atoms with van der Waals surface area (Å²) in [6.07, 6.45) is 3.30. The maximum atomic E-state index is 12.1. The van der Waals surface area contributed by atoms with Crippen LogP contribution in [0.2, 0.25) is 10.0 Å². The van der Waals surface area contributed by atoms with Crippen molar-refractivity contribution >= 4 is 35.3 Å². The fourth-order valence-electron chi connectivity index (χ4n) is 2.27. The van der Waals surface area contributed by atoms with Crippen molar-refractivity contribution in [2.45, 2.75) is 0 Å². The molecule has 0 bridgehead atoms. The lowest BCUT2D eigenvalue weighted by molar-refractivity contribution is 0.0947. The van der Waals surface area contributed by atoms with Gasteiger partial charge >= 0.3 is 0 Å². The van der Waals surface area contributed by atoms with Gasteiger partial charge in [-0.1, -0.05) is 35.3 Å². The minimum atomic E-state index is -0.298. The monoisotopic (exact) mass is 387 g/mol. The zero-order chi connectivity index (χ0) is 18.5. The molecule has 0 fully saturated rings. The van der Waals surface area contributed by atoms with Gasteiger partial charge in [-0.3, -0.25) is 4.79 Å². The van der Waals surface area contributed by atoms with Crippen molar-refractivity contribution in [1.29, 1.82) is 0 Å². The van der Waals surface area contributed by atoms with Crippen LogP contribution in [-0.4, -0.2) is 16.7 Å². The Labute approximate surface area is 160 Å². The van der Waals surface area contributed by atoms with E-state index in [9.17, 15) is 4.79 Å². The molecule has 5 nitrogen and oxygen atoms in total. The van der Waals surface area contributed by atoms with Crippen molar-refractivity contribution in [3.05, 3.63) is 82.1 Å². The zero-order valence-corrected chi connectivity index (χ0v) is 15.3. The largest absolute Gasteiger partial charge is 0.455 e. The molecule has 1 amide bonds. The molecular weight excluding hydrogens is 373 g/mol. The summed E-state index contributed by atoms with van der Waals surface area (Å²) < 4.78 is 7.56. The smallest absolute Gasteiger partial charge is 0.287 e. The standard InChI is InChI=1S/C19H15Cl2N3O2/c1-24-10-4-6-16(24)19(25)23-22-12-13-5-2-3-7-17(13)26-18-9-8-14(20)11-15(18)21/h2-12H,1H3,(H,23,25)/b22-12-. The first-order chi connectivity index (χ1) is 12.5. The van der Waals surface area contributed by atoms with E-state index >= 15 is 0 Å². The second kappa shape index (κ2) is 8.08. The van der Waals surface area contributed by atoms with Gasteiger partial charge in [0.25, 0.3) is 5.91 Å². The highest BCUT2D eigenvalue weighted by Gasteiger charge is 2.09. The van der Waals surface area contributed by atoms with Crippen LogP contribution in [-0.2, 0) is 7.05 Å². The molecule has 1 aromatic heterocycles. The molecular formula is C19H15Cl2N3O2. The predicted octanol–water partition coefficient (Wildman–Crippen LogP) is 4.89. The fraction of sp³-hybridized carbons (Fsp3) is 0.0526. The van der Waals surface area contributed by atoms with Gasteiger partial charge in [-0.15, -0.1) is 0 Å². The average Bonchev–Trinajstić information content (AvgIpc) is 3.05. The van der Waals surface area contributed by atoms with Gasteiger partial charge in [0.15, 0.2) is 0 Å². The van der Waals surface area contributed by atoms with E-state index in [4.69, 9.17) is 27.9 Å². The van der Waals surface area contributed by atoms with Gasteiger partial charge in [0.2, 0.25) is 0 Å². The molecule has 132 valence electrons. The number of halogens is 2. The number of hydrogen-bond donors (Lipinski definition) is 1. The minimum absolute atomic E-state index is 0.298. The van der Waals surface area contributed by atoms with Crippen LogP contribution in [0.15, 0.2) is 65.9 Å². The Bertz CT molecular complexity index is 967. The highest BCUT2D eigenvalue weighted by molar-refractivity contribution is 6.35. The van der Waals surface area contributed by atoms with E-state index in [0.29, 0.717) is 32.8 Å². The van der Waals surface area contributed by atoms with E-state index in [1.807, 2.05) is 18.2 Å². The number of ether oxygens (including phenoxy) is 1. The van der Waals surface area contributed by atoms with E-state index in [1.165, 1.54) is 6.21 Å². The number of benzene rings is 2. The number of carbonyl (C=O) groups excluding carboxylic acids is 1. The zero-order valence-electron chi connectivity index (χ0n) is 13.8. The van der Waals surface area contributed by atoms with Crippen molar-refractivity contribution in [2.75, 3.05) is 0 Å². The Morgan fingerprint density at radius 2 is 1.92 bits per heavy atom. The molecule has 2 aromatic carbocycles. The number of amides is 1. The summed E-state index contributed by atoms with van der Waals surface area (Å²) in [5.74, 6) is 0.728. The number of aromatic nitrogens is 1. The van der Waals surface area contributed by atoms with E-state index in [2.05, 4.69) is 10.5 Å². The number of nitrogens with zero attached hydrogens (tertiary/aromatic N) is 2. The average molecular weight is 388 g/mol. The summed E-state index contributed by atoms with van der Waals surface area (Å²) in [6.45, 7) is 0. The van der Waals surface area contributed by atoms with Gasteiger partial charge in [-0.2, -0.15) is 5.10 Å². The lowest BCUT2D eigenvalue weighted by Gasteiger charge is -2.10. The number of nitrogens with one attached hydrogen (secondary N) is 1. The summed E-state index contributed by atoms with van der Waals surface area (Å²) in [6, 6.07) is 15.8. The molecule has 0 atom stereocenters. The van der Waals surface area contributed by atoms with Crippen molar-refractivity contribution in [1.82, 2.24) is 9.99 Å². The minimum Gasteiger partial charge on any atom is -0.455 e. The van der Waals surface area contributed by atoms with E-state index in [1.54, 1.807) is 54.2 Å². The summed E-state index contributed by atoms with van der Waals surface area (Å²) in [7, 11) is 1.79. The molecule has 1 heterocycles. The normalized spacial score (nSPS) is 10.9. The summed E-state index contributed by atoms with van der Waals surface area (Å²) in [5, 5.41) is 4.94. The maximum Gasteiger partial charge on any atom is 0.287 e. The van der Waals surface area contributed by atoms with Crippen LogP contribution in [0.5, 0.6) is 11.5 Å². The number of para-hydroxylation sites is 1. The predicted molar refractivity (Wildman–Crippen MR) is 103 cm³/mol. The van der Waals surface area contributed by atoms with E-state index in [0.717, 1.165) is 0 Å². The Morgan fingerprint density at radius 1 is 1.12 bits per heavy atom. The summed E-state index contributed by atoms with van der Waals surface area (Å²) >= 11 is 12.0. The topological polar surface area (TPSA) is 55.6 Å². The van der Waals surface area contributed by atoms with E-state index < -0.39 is 0 Å². The molecule has 0 radical (unpaired) electrons. The second-order valence-electron chi connectivity index (χ2n) is 5.42. The van der Waals surface area contributed by atoms with Gasteiger partial charge in [0.05, 0.1) is 11.2 Å². The fourth-order valence-corrected chi connectivity index (χ4v) is 2.72. The Hall–Kier alpha value is -2.76. The molecule has 0 aliphatic carbocycles. The second-order valence-corrected chi connectivity index (χ2v) is 6.26. The van der Waals surface area contributed by atoms with Crippen LogP contribution in [0.25, 0.3) is 0 Å². The van der Waals surface area contributed by atoms with E-state index in [-0.39, 0.29) is 5.91 Å². The SMILES string of the molecule is Cn1cccc1C(=O)N/N=C\c1ccccc1Oc1ccc(Cl)cc1Cl. The molecule has 0 spiro atoms. The molecule has 26 heavy (non-hydrogen) atoms. The number of hydrogen-bond acceptors (Lipinski definition) is 3. The number of aryl methyl sites for hydroxylation is 1. The van der Waals surface area contributed by atoms with Gasteiger partial charge in [-0.25, -0.2) is 5.43 Å². The summed E-state index contributed by atoms with van der Waals surface area (Å²) in [5.41, 5.74) is 3.69. The van der Waals surface area contributed by atoms with Gasteiger partial charge in [0, 0.05) is 23.8 Å². The molecule has 0 aliphatic rings.